The summed E-state index contributed by atoms with van der Waals surface area (Å²) < 4.78 is 32.9. The quantitative estimate of drug-likeness (QED) is 0.506. The Bertz CT molecular complexity index is 1200. The topological polar surface area (TPSA) is 84.8 Å². The third-order valence-corrected chi connectivity index (χ3v) is 4.79. The van der Waals surface area contributed by atoms with Gasteiger partial charge >= 0.3 is 0 Å². The molecule has 1 atom stereocenters. The van der Waals surface area contributed by atoms with Gasteiger partial charge in [0.05, 0.1) is 18.1 Å². The summed E-state index contributed by atoms with van der Waals surface area (Å²) in [4.78, 5) is 23.8. The molecule has 1 amide bonds. The van der Waals surface area contributed by atoms with E-state index in [2.05, 4.69) is 20.3 Å². The van der Waals surface area contributed by atoms with Gasteiger partial charge in [0.25, 0.3) is 12.3 Å². The molecule has 7 nitrogen and oxygen atoms in total. The van der Waals surface area contributed by atoms with Crippen LogP contribution in [0.1, 0.15) is 40.0 Å². The molecule has 154 valence electrons. The predicted molar refractivity (Wildman–Crippen MR) is 107 cm³/mol. The number of halogens is 2. The van der Waals surface area contributed by atoms with Gasteiger partial charge in [-0.25, -0.2) is 18.7 Å². The van der Waals surface area contributed by atoms with Crippen LogP contribution in [0.2, 0.25) is 0 Å². The summed E-state index contributed by atoms with van der Waals surface area (Å²) in [5.41, 5.74) is 1.84. The Labute approximate surface area is 170 Å². The zero-order chi connectivity index (χ0) is 21.3. The molecular formula is C21H19F2N5O2. The van der Waals surface area contributed by atoms with Gasteiger partial charge in [-0.15, -0.1) is 0 Å². The number of aromatic nitrogens is 4. The van der Waals surface area contributed by atoms with Gasteiger partial charge in [-0.05, 0) is 35.9 Å². The number of aromatic amines is 1. The highest BCUT2D eigenvalue weighted by Gasteiger charge is 2.22. The first-order chi connectivity index (χ1) is 14.5. The van der Waals surface area contributed by atoms with Crippen LogP contribution in [0.5, 0.6) is 5.75 Å². The Hall–Kier alpha value is -3.75. The molecule has 0 fully saturated rings. The van der Waals surface area contributed by atoms with Crippen molar-refractivity contribution in [3.63, 3.8) is 0 Å². The molecule has 0 radical (unpaired) electrons. The summed E-state index contributed by atoms with van der Waals surface area (Å²) in [5, 5.41) is 2.98. The van der Waals surface area contributed by atoms with E-state index >= 15 is 0 Å². The lowest BCUT2D eigenvalue weighted by molar-refractivity contribution is 0.0941. The average Bonchev–Trinajstić information content (AvgIpc) is 3.37. The number of aryl methyl sites for hydroxylation is 1. The van der Waals surface area contributed by atoms with Crippen molar-refractivity contribution in [3.05, 3.63) is 77.6 Å². The molecule has 0 saturated carbocycles. The van der Waals surface area contributed by atoms with E-state index in [-0.39, 0.29) is 5.91 Å². The Morgan fingerprint density at radius 2 is 2.07 bits per heavy atom. The lowest BCUT2D eigenvalue weighted by Crippen LogP contribution is -2.31. The van der Waals surface area contributed by atoms with Crippen molar-refractivity contribution < 1.29 is 18.3 Å². The molecule has 2 N–H and O–H groups in total. The van der Waals surface area contributed by atoms with Crippen LogP contribution in [0.25, 0.3) is 11.0 Å². The fourth-order valence-electron chi connectivity index (χ4n) is 3.26. The van der Waals surface area contributed by atoms with Crippen LogP contribution >= 0.6 is 0 Å². The third kappa shape index (κ3) is 3.73. The van der Waals surface area contributed by atoms with Gasteiger partial charge in [0.2, 0.25) is 0 Å². The summed E-state index contributed by atoms with van der Waals surface area (Å²) in [6.07, 6.45) is 0.726. The Morgan fingerprint density at radius 3 is 2.77 bits per heavy atom. The summed E-state index contributed by atoms with van der Waals surface area (Å²) in [7, 11) is 3.41. The number of amides is 1. The van der Waals surface area contributed by atoms with Gasteiger partial charge in [0.1, 0.15) is 17.6 Å². The summed E-state index contributed by atoms with van der Waals surface area (Å²) >= 11 is 0. The molecule has 30 heavy (non-hydrogen) atoms. The van der Waals surface area contributed by atoms with Gasteiger partial charge < -0.3 is 19.6 Å². The fraction of sp³-hybridized carbons (Fsp3) is 0.190. The van der Waals surface area contributed by atoms with Crippen LogP contribution in [0.15, 0.2) is 54.9 Å². The van der Waals surface area contributed by atoms with Crippen molar-refractivity contribution in [1.29, 1.82) is 0 Å². The van der Waals surface area contributed by atoms with Gasteiger partial charge in [-0.3, -0.25) is 4.79 Å². The van der Waals surface area contributed by atoms with E-state index in [1.165, 1.54) is 12.1 Å². The van der Waals surface area contributed by atoms with Crippen LogP contribution in [-0.4, -0.2) is 32.5 Å². The normalized spacial score (nSPS) is 12.3. The second-order valence-electron chi connectivity index (χ2n) is 6.73. The number of carbonyl (C=O) groups is 1. The number of hydrogen-bond donors (Lipinski definition) is 2. The van der Waals surface area contributed by atoms with Crippen molar-refractivity contribution in [3.8, 4) is 5.75 Å². The fourth-order valence-corrected chi connectivity index (χ4v) is 3.26. The number of hydrogen-bond acceptors (Lipinski definition) is 4. The molecule has 4 rings (SSSR count). The number of carbonyl (C=O) groups excluding carboxylic acids is 1. The minimum Gasteiger partial charge on any atom is -0.497 e. The maximum absolute atomic E-state index is 13.0. The van der Waals surface area contributed by atoms with E-state index in [0.29, 0.717) is 28.2 Å². The van der Waals surface area contributed by atoms with Gasteiger partial charge in [-0.2, -0.15) is 0 Å². The Morgan fingerprint density at radius 1 is 1.23 bits per heavy atom. The molecule has 0 bridgehead atoms. The highest BCUT2D eigenvalue weighted by atomic mass is 19.3. The Balaban J connectivity index is 1.68. The van der Waals surface area contributed by atoms with Crippen molar-refractivity contribution in [1.82, 2.24) is 24.8 Å². The molecule has 2 aromatic carbocycles. The number of ether oxygens (including phenoxy) is 1. The number of nitrogens with one attached hydrogen (secondary N) is 2. The molecule has 0 spiro atoms. The minimum absolute atomic E-state index is 0.314. The second kappa shape index (κ2) is 7.94. The average molecular weight is 411 g/mol. The lowest BCUT2D eigenvalue weighted by atomic mass is 10.0. The van der Waals surface area contributed by atoms with Crippen LogP contribution in [-0.2, 0) is 7.05 Å². The highest BCUT2D eigenvalue weighted by Crippen LogP contribution is 2.25. The second-order valence-corrected chi connectivity index (χ2v) is 6.73. The maximum Gasteiger partial charge on any atom is 0.295 e. The number of rotatable bonds is 6. The number of alkyl halides is 2. The molecule has 0 aliphatic carbocycles. The number of nitrogens with zero attached hydrogens (tertiary/aromatic N) is 3. The van der Waals surface area contributed by atoms with Gasteiger partial charge in [0, 0.05) is 25.0 Å². The SMILES string of the molecule is COc1cccc(C(NC(=O)c2ccc3nc(C(F)F)[nH]c3c2)c2nccn2C)c1. The summed E-state index contributed by atoms with van der Waals surface area (Å²) in [5.74, 6) is 0.490. The van der Waals surface area contributed by atoms with Crippen molar-refractivity contribution in [2.24, 2.45) is 7.05 Å². The van der Waals surface area contributed by atoms with Gasteiger partial charge in [-0.1, -0.05) is 12.1 Å². The molecule has 2 heterocycles. The number of fused-ring (bicyclic) bond motifs is 1. The van der Waals surface area contributed by atoms with E-state index in [0.717, 1.165) is 5.56 Å². The van der Waals surface area contributed by atoms with Crippen molar-refractivity contribution in [2.45, 2.75) is 12.5 Å². The summed E-state index contributed by atoms with van der Waals surface area (Å²) in [6.45, 7) is 0. The van der Waals surface area contributed by atoms with E-state index < -0.39 is 18.3 Å². The summed E-state index contributed by atoms with van der Waals surface area (Å²) in [6, 6.07) is 11.4. The number of benzene rings is 2. The molecule has 0 aliphatic rings. The number of methoxy groups -OCH3 is 1. The first kappa shape index (κ1) is 19.6. The molecule has 2 aromatic heterocycles. The standard InChI is InChI=1S/C21H19F2N5O2/c1-28-9-8-24-20(28)17(12-4-3-5-14(10-12)30-2)27-21(29)13-6-7-15-16(11-13)26-19(25-15)18(22)23/h3-11,17-18H,1-2H3,(H,25,26)(H,27,29). The van der Waals surface area contributed by atoms with Crippen molar-refractivity contribution >= 4 is 16.9 Å². The van der Waals surface area contributed by atoms with Crippen LogP contribution in [0, 0.1) is 0 Å². The molecular weight excluding hydrogens is 392 g/mol. The zero-order valence-corrected chi connectivity index (χ0v) is 16.3. The van der Waals surface area contributed by atoms with Crippen molar-refractivity contribution in [2.75, 3.05) is 7.11 Å². The largest absolute Gasteiger partial charge is 0.497 e. The number of H-pyrrole nitrogens is 1. The first-order valence-electron chi connectivity index (χ1n) is 9.16. The maximum atomic E-state index is 13.0. The zero-order valence-electron chi connectivity index (χ0n) is 16.3. The molecule has 0 saturated heterocycles. The monoisotopic (exact) mass is 411 g/mol. The minimum atomic E-state index is -2.71. The third-order valence-electron chi connectivity index (χ3n) is 4.79. The smallest absolute Gasteiger partial charge is 0.295 e. The molecule has 4 aromatic rings. The van der Waals surface area contributed by atoms with Crippen LogP contribution in [0.4, 0.5) is 8.78 Å². The van der Waals surface area contributed by atoms with E-state index in [9.17, 15) is 13.6 Å². The van der Waals surface area contributed by atoms with Crippen LogP contribution in [0.3, 0.4) is 0 Å². The lowest BCUT2D eigenvalue weighted by Gasteiger charge is -2.20. The van der Waals surface area contributed by atoms with Gasteiger partial charge in [0.15, 0.2) is 5.82 Å². The highest BCUT2D eigenvalue weighted by molar-refractivity contribution is 5.97. The first-order valence-corrected chi connectivity index (χ1v) is 9.16. The van der Waals surface area contributed by atoms with Crippen LogP contribution < -0.4 is 10.1 Å². The molecule has 9 heteroatoms. The Kier molecular flexibility index (Phi) is 5.18. The molecule has 0 aliphatic heterocycles. The molecule has 1 unspecified atom stereocenters. The number of imidazole rings is 2. The van der Waals surface area contributed by atoms with E-state index in [4.69, 9.17) is 4.74 Å². The van der Waals surface area contributed by atoms with E-state index in [1.54, 1.807) is 25.6 Å². The predicted octanol–water partition coefficient (Wildman–Crippen LogP) is 3.76. The van der Waals surface area contributed by atoms with E-state index in [1.807, 2.05) is 35.9 Å².